The van der Waals surface area contributed by atoms with E-state index in [1.165, 1.54) is 7.11 Å². The number of carboxylic acid groups (broad SMARTS) is 1. The fourth-order valence-corrected chi connectivity index (χ4v) is 9.66. The van der Waals surface area contributed by atoms with Crippen molar-refractivity contribution in [3.63, 3.8) is 0 Å². The standard InChI is InChI=1S/C35H60O12/c1-18-13-20(3)35(41,17-37)46-27(18)25-14-19(2)30(43-25)33(16-36)10-9-26(44-33)32(7)11-12-34(47-32)15-24(38)21(4)29(45-34)22(5)28(42-8)23(6)31(39)40/h18-30,36-38,41H,9-17H2,1-8H3,(H,39,40)/t18-,19-,20+,21+,22-,23-,24-,25+,26+,27-,28+,29-,30+,32-,33+,34+,35-/m0/s1. The zero-order valence-corrected chi connectivity index (χ0v) is 29.5. The lowest BCUT2D eigenvalue weighted by molar-refractivity contribution is -0.336. The Bertz CT molecular complexity index is 1110. The number of methoxy groups -OCH3 is 1. The summed E-state index contributed by atoms with van der Waals surface area (Å²) < 4.78 is 38.8. The van der Waals surface area contributed by atoms with Gasteiger partial charge in [0.15, 0.2) is 11.6 Å². The fraction of sp³-hybridized carbons (Fsp3) is 0.971. The van der Waals surface area contributed by atoms with Gasteiger partial charge in [0.05, 0.1) is 67.5 Å². The van der Waals surface area contributed by atoms with Crippen LogP contribution in [0.15, 0.2) is 0 Å². The molecule has 17 atom stereocenters. The van der Waals surface area contributed by atoms with Crippen molar-refractivity contribution in [3.8, 4) is 0 Å². The van der Waals surface area contributed by atoms with Gasteiger partial charge in [-0.1, -0.05) is 34.6 Å². The molecule has 47 heavy (non-hydrogen) atoms. The Morgan fingerprint density at radius 2 is 1.68 bits per heavy atom. The van der Waals surface area contributed by atoms with Gasteiger partial charge < -0.3 is 54.0 Å². The molecule has 12 heteroatoms. The van der Waals surface area contributed by atoms with E-state index in [0.29, 0.717) is 44.9 Å². The van der Waals surface area contributed by atoms with E-state index in [1.54, 1.807) is 6.92 Å². The summed E-state index contributed by atoms with van der Waals surface area (Å²) in [7, 11) is 1.50. The number of hydrogen-bond acceptors (Lipinski definition) is 11. The van der Waals surface area contributed by atoms with Crippen molar-refractivity contribution in [2.75, 3.05) is 20.3 Å². The van der Waals surface area contributed by atoms with Gasteiger partial charge in [-0.3, -0.25) is 4.79 Å². The Labute approximate surface area is 279 Å². The van der Waals surface area contributed by atoms with Crippen LogP contribution >= 0.6 is 0 Å². The Kier molecular flexibility index (Phi) is 10.8. The van der Waals surface area contributed by atoms with E-state index in [2.05, 4.69) is 13.8 Å². The number of aliphatic hydroxyl groups excluding tert-OH is 3. The highest BCUT2D eigenvalue weighted by atomic mass is 16.7. The second-order valence-corrected chi connectivity index (χ2v) is 16.1. The third-order valence-corrected chi connectivity index (χ3v) is 12.7. The minimum absolute atomic E-state index is 0.0504. The summed E-state index contributed by atoms with van der Waals surface area (Å²) in [5, 5.41) is 52.6. The van der Waals surface area contributed by atoms with Crippen molar-refractivity contribution in [3.05, 3.63) is 0 Å². The van der Waals surface area contributed by atoms with Crippen molar-refractivity contribution in [1.29, 1.82) is 0 Å². The Balaban J connectivity index is 1.29. The zero-order valence-electron chi connectivity index (χ0n) is 29.5. The molecule has 5 saturated heterocycles. The summed E-state index contributed by atoms with van der Waals surface area (Å²) in [6, 6.07) is 0. The number of rotatable bonds is 10. The smallest absolute Gasteiger partial charge is 0.308 e. The third kappa shape index (κ3) is 6.66. The van der Waals surface area contributed by atoms with Crippen LogP contribution in [0.1, 0.15) is 93.4 Å². The molecule has 1 spiro atoms. The summed E-state index contributed by atoms with van der Waals surface area (Å²) in [4.78, 5) is 11.8. The summed E-state index contributed by atoms with van der Waals surface area (Å²) in [5.41, 5.74) is -1.70. The molecule has 12 nitrogen and oxygen atoms in total. The number of carboxylic acids is 1. The molecule has 5 aliphatic heterocycles. The topological polar surface area (TPSA) is 174 Å². The van der Waals surface area contributed by atoms with Crippen molar-refractivity contribution >= 4 is 5.97 Å². The highest BCUT2D eigenvalue weighted by Crippen LogP contribution is 2.54. The summed E-state index contributed by atoms with van der Waals surface area (Å²) in [5.74, 6) is -5.01. The lowest BCUT2D eigenvalue weighted by atomic mass is 9.78. The van der Waals surface area contributed by atoms with Gasteiger partial charge in [0.1, 0.15) is 5.60 Å². The molecule has 0 radical (unpaired) electrons. The molecule has 5 heterocycles. The zero-order chi connectivity index (χ0) is 34.7. The highest BCUT2D eigenvalue weighted by Gasteiger charge is 2.62. The van der Waals surface area contributed by atoms with E-state index in [4.69, 9.17) is 28.4 Å². The van der Waals surface area contributed by atoms with Crippen LogP contribution in [0.5, 0.6) is 0 Å². The van der Waals surface area contributed by atoms with E-state index < -0.39 is 71.8 Å². The van der Waals surface area contributed by atoms with Crippen molar-refractivity contribution < 1.29 is 58.7 Å². The average molecular weight is 673 g/mol. The maximum atomic E-state index is 11.8. The summed E-state index contributed by atoms with van der Waals surface area (Å²) in [6.45, 7) is 12.8. The van der Waals surface area contributed by atoms with Crippen LogP contribution in [-0.4, -0.2) is 117 Å². The maximum Gasteiger partial charge on any atom is 0.308 e. The van der Waals surface area contributed by atoms with Gasteiger partial charge in [0, 0.05) is 37.7 Å². The fourth-order valence-electron chi connectivity index (χ4n) is 9.66. The van der Waals surface area contributed by atoms with E-state index in [0.717, 1.165) is 0 Å². The van der Waals surface area contributed by atoms with Crippen LogP contribution in [0.2, 0.25) is 0 Å². The van der Waals surface area contributed by atoms with Crippen LogP contribution in [0.3, 0.4) is 0 Å². The molecule has 0 aromatic rings. The normalized spacial score (nSPS) is 50.9. The minimum Gasteiger partial charge on any atom is -0.481 e. The molecular weight excluding hydrogens is 612 g/mol. The van der Waals surface area contributed by atoms with Crippen LogP contribution in [0, 0.1) is 35.5 Å². The van der Waals surface area contributed by atoms with Gasteiger partial charge in [-0.2, -0.15) is 0 Å². The number of hydrogen-bond donors (Lipinski definition) is 5. The van der Waals surface area contributed by atoms with Gasteiger partial charge in [0.2, 0.25) is 0 Å². The van der Waals surface area contributed by atoms with Crippen LogP contribution in [0.25, 0.3) is 0 Å². The van der Waals surface area contributed by atoms with Crippen molar-refractivity contribution in [1.82, 2.24) is 0 Å². The lowest BCUT2D eigenvalue weighted by Crippen LogP contribution is -2.57. The minimum atomic E-state index is -1.61. The molecule has 5 aliphatic rings. The predicted molar refractivity (Wildman–Crippen MR) is 169 cm³/mol. The Morgan fingerprint density at radius 1 is 0.979 bits per heavy atom. The van der Waals surface area contributed by atoms with Crippen molar-refractivity contribution in [2.45, 2.75) is 159 Å². The van der Waals surface area contributed by atoms with Gasteiger partial charge in [-0.15, -0.1) is 0 Å². The lowest BCUT2D eigenvalue weighted by Gasteiger charge is -2.48. The van der Waals surface area contributed by atoms with E-state index in [-0.39, 0.29) is 48.4 Å². The molecule has 5 rings (SSSR count). The number of aliphatic hydroxyl groups is 4. The first kappa shape index (κ1) is 37.3. The molecular formula is C35H60O12. The Morgan fingerprint density at radius 3 is 2.30 bits per heavy atom. The SMILES string of the molecule is CO[C@H]([C@H](C)[C@H]1O[C@@]2(CC[C@@](C)([C@H]3CC[C@@](CO)([C@@H]4O[C@@H]([C@H]5O[C@@](O)(CO)[C@H](C)C[C@@H]5C)C[C@@H]4C)O3)O2)C[C@H](O)[C@H]1C)[C@H](C)C(=O)O. The predicted octanol–water partition coefficient (Wildman–Crippen LogP) is 2.86. The second-order valence-electron chi connectivity index (χ2n) is 16.1. The van der Waals surface area contributed by atoms with Gasteiger partial charge >= 0.3 is 5.97 Å². The molecule has 0 saturated carbocycles. The number of ether oxygens (including phenoxy) is 6. The van der Waals surface area contributed by atoms with E-state index >= 15 is 0 Å². The largest absolute Gasteiger partial charge is 0.481 e. The van der Waals surface area contributed by atoms with Crippen LogP contribution < -0.4 is 0 Å². The van der Waals surface area contributed by atoms with E-state index in [9.17, 15) is 30.3 Å². The van der Waals surface area contributed by atoms with Crippen molar-refractivity contribution in [2.24, 2.45) is 35.5 Å². The first-order valence-corrected chi connectivity index (χ1v) is 17.7. The molecule has 5 fully saturated rings. The molecule has 5 N–H and O–H groups in total. The van der Waals surface area contributed by atoms with Gasteiger partial charge in [-0.25, -0.2) is 0 Å². The summed E-state index contributed by atoms with van der Waals surface area (Å²) >= 11 is 0. The second kappa shape index (κ2) is 13.7. The summed E-state index contributed by atoms with van der Waals surface area (Å²) in [6.07, 6.45) is 0.743. The number of carbonyl (C=O) groups is 1. The average Bonchev–Trinajstić information content (AvgIpc) is 3.73. The first-order chi connectivity index (χ1) is 22.0. The highest BCUT2D eigenvalue weighted by molar-refractivity contribution is 5.70. The quantitative estimate of drug-likeness (QED) is 0.230. The third-order valence-electron chi connectivity index (χ3n) is 12.7. The molecule has 0 unspecified atom stereocenters. The van der Waals surface area contributed by atoms with Gasteiger partial charge in [0.25, 0.3) is 0 Å². The monoisotopic (exact) mass is 672 g/mol. The van der Waals surface area contributed by atoms with Crippen LogP contribution in [-0.2, 0) is 33.2 Å². The Hall–Kier alpha value is -0.930. The van der Waals surface area contributed by atoms with E-state index in [1.807, 2.05) is 27.7 Å². The molecule has 0 aliphatic carbocycles. The molecule has 0 amide bonds. The molecule has 272 valence electrons. The molecule has 0 aromatic carbocycles. The molecule has 0 bridgehead atoms. The molecule has 0 aromatic heterocycles. The van der Waals surface area contributed by atoms with Gasteiger partial charge in [-0.05, 0) is 57.8 Å². The first-order valence-electron chi connectivity index (χ1n) is 17.7. The maximum absolute atomic E-state index is 11.8. The van der Waals surface area contributed by atoms with Crippen LogP contribution in [0.4, 0.5) is 0 Å². The number of aliphatic carboxylic acids is 1.